The smallest absolute Gasteiger partial charge is 0.337 e. The molecular weight excluding hydrogens is 230 g/mol. The van der Waals surface area contributed by atoms with E-state index in [0.717, 1.165) is 24.9 Å². The summed E-state index contributed by atoms with van der Waals surface area (Å²) >= 11 is 0. The number of nitrogen functional groups attached to an aromatic ring is 2. The molecule has 1 rings (SSSR count). The highest BCUT2D eigenvalue weighted by atomic mass is 16.4. The molecule has 1 atom stereocenters. The van der Waals surface area contributed by atoms with Crippen molar-refractivity contribution in [3.8, 4) is 0 Å². The Bertz CT molecular complexity index is 432. The number of benzene rings is 1. The van der Waals surface area contributed by atoms with E-state index in [1.165, 1.54) is 6.07 Å². The topological polar surface area (TPSA) is 101 Å². The molecule has 18 heavy (non-hydrogen) atoms. The lowest BCUT2D eigenvalue weighted by atomic mass is 10.0. The van der Waals surface area contributed by atoms with Gasteiger partial charge in [0, 0.05) is 6.04 Å². The molecule has 5 heteroatoms. The van der Waals surface area contributed by atoms with Crippen LogP contribution in [0.15, 0.2) is 12.1 Å². The Hall–Kier alpha value is -1.75. The number of anilines is 2. The van der Waals surface area contributed by atoms with Crippen molar-refractivity contribution in [2.45, 2.75) is 32.7 Å². The van der Waals surface area contributed by atoms with Crippen LogP contribution in [0.5, 0.6) is 0 Å². The molecule has 0 spiro atoms. The van der Waals surface area contributed by atoms with Crippen molar-refractivity contribution in [1.82, 2.24) is 5.32 Å². The molecule has 1 aromatic rings. The molecule has 0 fully saturated rings. The molecule has 0 radical (unpaired) electrons. The lowest BCUT2D eigenvalue weighted by Crippen LogP contribution is -2.29. The van der Waals surface area contributed by atoms with Crippen LogP contribution in [-0.4, -0.2) is 23.7 Å². The number of aromatic carboxylic acids is 1. The van der Waals surface area contributed by atoms with Crippen LogP contribution < -0.4 is 16.8 Å². The van der Waals surface area contributed by atoms with Gasteiger partial charge >= 0.3 is 5.97 Å². The first-order valence-corrected chi connectivity index (χ1v) is 6.10. The second-order valence-electron chi connectivity index (χ2n) is 4.46. The Morgan fingerprint density at radius 2 is 2.06 bits per heavy atom. The van der Waals surface area contributed by atoms with Gasteiger partial charge in [0.25, 0.3) is 0 Å². The van der Waals surface area contributed by atoms with Gasteiger partial charge in [0.15, 0.2) is 0 Å². The van der Waals surface area contributed by atoms with E-state index in [-0.39, 0.29) is 17.3 Å². The van der Waals surface area contributed by atoms with Gasteiger partial charge in [0.1, 0.15) is 0 Å². The average molecular weight is 251 g/mol. The average Bonchev–Trinajstić information content (AvgIpc) is 2.32. The maximum atomic E-state index is 10.9. The molecule has 0 heterocycles. The Labute approximate surface area is 107 Å². The SMILES string of the molecule is CCCNC(C)Cc1ccc(C(=O)O)c(N)c1N. The van der Waals surface area contributed by atoms with Crippen LogP contribution in [-0.2, 0) is 6.42 Å². The lowest BCUT2D eigenvalue weighted by Gasteiger charge is -2.16. The number of nitrogens with two attached hydrogens (primary N) is 2. The van der Waals surface area contributed by atoms with Crippen LogP contribution in [0.2, 0.25) is 0 Å². The molecule has 6 N–H and O–H groups in total. The van der Waals surface area contributed by atoms with Gasteiger partial charge in [-0.2, -0.15) is 0 Å². The van der Waals surface area contributed by atoms with E-state index < -0.39 is 5.97 Å². The number of carbonyl (C=O) groups is 1. The fourth-order valence-electron chi connectivity index (χ4n) is 1.84. The van der Waals surface area contributed by atoms with Crippen LogP contribution in [0.25, 0.3) is 0 Å². The van der Waals surface area contributed by atoms with E-state index in [1.807, 2.05) is 0 Å². The summed E-state index contributed by atoms with van der Waals surface area (Å²) in [5.74, 6) is -1.05. The first-order valence-electron chi connectivity index (χ1n) is 6.10. The molecule has 0 aliphatic rings. The Kier molecular flexibility index (Phi) is 4.97. The van der Waals surface area contributed by atoms with Crippen LogP contribution in [0.1, 0.15) is 36.2 Å². The van der Waals surface area contributed by atoms with Crippen molar-refractivity contribution < 1.29 is 9.90 Å². The molecule has 0 saturated heterocycles. The van der Waals surface area contributed by atoms with Crippen molar-refractivity contribution in [1.29, 1.82) is 0 Å². The third-order valence-electron chi connectivity index (χ3n) is 2.88. The number of carboxylic acid groups (broad SMARTS) is 1. The van der Waals surface area contributed by atoms with E-state index >= 15 is 0 Å². The number of carboxylic acids is 1. The zero-order valence-electron chi connectivity index (χ0n) is 10.9. The highest BCUT2D eigenvalue weighted by Gasteiger charge is 2.14. The zero-order valence-corrected chi connectivity index (χ0v) is 10.9. The van der Waals surface area contributed by atoms with E-state index in [9.17, 15) is 4.79 Å². The highest BCUT2D eigenvalue weighted by Crippen LogP contribution is 2.25. The first-order chi connectivity index (χ1) is 8.47. The Morgan fingerprint density at radius 1 is 1.39 bits per heavy atom. The zero-order chi connectivity index (χ0) is 13.7. The molecule has 100 valence electrons. The van der Waals surface area contributed by atoms with Gasteiger partial charge in [-0.05, 0) is 37.9 Å². The summed E-state index contributed by atoms with van der Waals surface area (Å²) in [6.07, 6.45) is 1.80. The quantitative estimate of drug-likeness (QED) is 0.574. The molecule has 0 saturated carbocycles. The van der Waals surface area contributed by atoms with Crippen molar-refractivity contribution >= 4 is 17.3 Å². The summed E-state index contributed by atoms with van der Waals surface area (Å²) in [6, 6.07) is 3.53. The predicted molar refractivity (Wildman–Crippen MR) is 73.7 cm³/mol. The molecule has 1 unspecified atom stereocenters. The summed E-state index contributed by atoms with van der Waals surface area (Å²) in [6.45, 7) is 5.12. The fraction of sp³-hybridized carbons (Fsp3) is 0.462. The molecule has 0 aromatic heterocycles. The van der Waals surface area contributed by atoms with E-state index in [0.29, 0.717) is 5.69 Å². The lowest BCUT2D eigenvalue weighted by molar-refractivity contribution is 0.0698. The summed E-state index contributed by atoms with van der Waals surface area (Å²) in [5.41, 5.74) is 13.1. The normalized spacial score (nSPS) is 12.3. The monoisotopic (exact) mass is 251 g/mol. The van der Waals surface area contributed by atoms with Gasteiger partial charge in [-0.1, -0.05) is 13.0 Å². The molecule has 0 aliphatic heterocycles. The predicted octanol–water partition coefficient (Wildman–Crippen LogP) is 1.48. The van der Waals surface area contributed by atoms with E-state index in [4.69, 9.17) is 16.6 Å². The Balaban J connectivity index is 2.85. The van der Waals surface area contributed by atoms with Crippen LogP contribution in [0, 0.1) is 0 Å². The number of hydrogen-bond acceptors (Lipinski definition) is 4. The van der Waals surface area contributed by atoms with Crippen molar-refractivity contribution in [3.63, 3.8) is 0 Å². The van der Waals surface area contributed by atoms with Gasteiger partial charge in [0.05, 0.1) is 16.9 Å². The van der Waals surface area contributed by atoms with Crippen molar-refractivity contribution in [2.24, 2.45) is 0 Å². The molecule has 5 nitrogen and oxygen atoms in total. The summed E-state index contributed by atoms with van der Waals surface area (Å²) in [7, 11) is 0. The second kappa shape index (κ2) is 6.26. The molecule has 1 aromatic carbocycles. The van der Waals surface area contributed by atoms with Gasteiger partial charge in [0.2, 0.25) is 0 Å². The molecule has 0 bridgehead atoms. The van der Waals surface area contributed by atoms with Crippen LogP contribution in [0.3, 0.4) is 0 Å². The summed E-state index contributed by atoms with van der Waals surface area (Å²) in [5, 5.41) is 12.3. The van der Waals surface area contributed by atoms with Gasteiger partial charge < -0.3 is 21.9 Å². The third-order valence-corrected chi connectivity index (χ3v) is 2.88. The van der Waals surface area contributed by atoms with E-state index in [2.05, 4.69) is 19.2 Å². The third kappa shape index (κ3) is 3.37. The molecule has 0 amide bonds. The van der Waals surface area contributed by atoms with Crippen LogP contribution in [0.4, 0.5) is 11.4 Å². The minimum absolute atomic E-state index is 0.0606. The van der Waals surface area contributed by atoms with Crippen molar-refractivity contribution in [3.05, 3.63) is 23.3 Å². The number of hydrogen-bond donors (Lipinski definition) is 4. The maximum absolute atomic E-state index is 10.9. The number of nitrogens with one attached hydrogen (secondary N) is 1. The first kappa shape index (κ1) is 14.3. The highest BCUT2D eigenvalue weighted by molar-refractivity contribution is 5.97. The van der Waals surface area contributed by atoms with Crippen molar-refractivity contribution in [2.75, 3.05) is 18.0 Å². The fourth-order valence-corrected chi connectivity index (χ4v) is 1.84. The van der Waals surface area contributed by atoms with Gasteiger partial charge in [-0.25, -0.2) is 4.79 Å². The maximum Gasteiger partial charge on any atom is 0.337 e. The summed E-state index contributed by atoms with van der Waals surface area (Å²) < 4.78 is 0. The van der Waals surface area contributed by atoms with Gasteiger partial charge in [-0.15, -0.1) is 0 Å². The van der Waals surface area contributed by atoms with Gasteiger partial charge in [-0.3, -0.25) is 0 Å². The largest absolute Gasteiger partial charge is 0.478 e. The second-order valence-corrected chi connectivity index (χ2v) is 4.46. The minimum Gasteiger partial charge on any atom is -0.478 e. The molecular formula is C13H21N3O2. The number of rotatable bonds is 6. The van der Waals surface area contributed by atoms with Crippen LogP contribution >= 0.6 is 0 Å². The minimum atomic E-state index is -1.05. The Morgan fingerprint density at radius 3 is 2.61 bits per heavy atom. The summed E-state index contributed by atoms with van der Waals surface area (Å²) in [4.78, 5) is 10.9. The van der Waals surface area contributed by atoms with E-state index in [1.54, 1.807) is 6.07 Å². The standard InChI is InChI=1S/C13H21N3O2/c1-3-6-16-8(2)7-9-4-5-10(13(17)18)12(15)11(9)14/h4-5,8,16H,3,6-7,14-15H2,1-2H3,(H,17,18). The molecule has 0 aliphatic carbocycles.